The van der Waals surface area contributed by atoms with Crippen LogP contribution in [0.5, 0.6) is 0 Å². The van der Waals surface area contributed by atoms with E-state index in [1.165, 1.54) is 18.2 Å². The van der Waals surface area contributed by atoms with Gasteiger partial charge >= 0.3 is 5.97 Å². The highest BCUT2D eigenvalue weighted by atomic mass is 79.9. The summed E-state index contributed by atoms with van der Waals surface area (Å²) >= 11 is 8.80. The molecule has 0 aliphatic rings. The molecule has 2 rings (SSSR count). The van der Waals surface area contributed by atoms with Gasteiger partial charge in [-0.15, -0.1) is 0 Å². The number of halogens is 2. The summed E-state index contributed by atoms with van der Waals surface area (Å²) in [6.45, 7) is -0.606. The molecule has 1 N–H and O–H groups in total. The van der Waals surface area contributed by atoms with Crippen LogP contribution in [-0.4, -0.2) is 23.4 Å². The zero-order valence-corrected chi connectivity index (χ0v) is 14.7. The first-order chi connectivity index (χ1) is 11.8. The highest BCUT2D eigenvalue weighted by Crippen LogP contribution is 2.27. The number of ether oxygens (including phenoxy) is 1. The van der Waals surface area contributed by atoms with Crippen molar-refractivity contribution in [1.29, 1.82) is 0 Å². The van der Waals surface area contributed by atoms with Crippen molar-refractivity contribution < 1.29 is 23.7 Å². The molecule has 0 fully saturated rings. The van der Waals surface area contributed by atoms with Gasteiger partial charge in [-0.25, -0.2) is 4.79 Å². The number of carbonyl (C=O) groups is 2. The van der Waals surface area contributed by atoms with Crippen LogP contribution in [0.3, 0.4) is 0 Å². The van der Waals surface area contributed by atoms with Gasteiger partial charge in [0, 0.05) is 17.2 Å². The Kier molecular flexibility index (Phi) is 6.31. The molecule has 1 amide bonds. The van der Waals surface area contributed by atoms with Gasteiger partial charge in [0.2, 0.25) is 0 Å². The summed E-state index contributed by atoms with van der Waals surface area (Å²) in [6.07, 6.45) is 2.46. The van der Waals surface area contributed by atoms with Crippen LogP contribution < -0.4 is 5.32 Å². The Morgan fingerprint density at radius 2 is 2.12 bits per heavy atom. The van der Waals surface area contributed by atoms with E-state index in [1.54, 1.807) is 12.1 Å². The SMILES string of the molecule is O=C(COC(=O)C=Cc1ccc(Br)o1)Nc1ccc(Cl)cc1[N+](=O)[O-]. The first-order valence-corrected chi connectivity index (χ1v) is 7.86. The largest absolute Gasteiger partial charge is 0.452 e. The topological polar surface area (TPSA) is 112 Å². The molecule has 0 spiro atoms. The molecule has 0 radical (unpaired) electrons. The minimum atomic E-state index is -0.770. The second-order valence-corrected chi connectivity index (χ2v) is 5.77. The van der Waals surface area contributed by atoms with E-state index >= 15 is 0 Å². The number of esters is 1. The number of benzene rings is 1. The zero-order valence-electron chi connectivity index (χ0n) is 12.4. The van der Waals surface area contributed by atoms with Gasteiger partial charge in [0.25, 0.3) is 11.6 Å². The van der Waals surface area contributed by atoms with E-state index < -0.39 is 23.4 Å². The fraction of sp³-hybridized carbons (Fsp3) is 0.0667. The molecule has 0 aliphatic carbocycles. The number of carbonyl (C=O) groups excluding carboxylic acids is 2. The van der Waals surface area contributed by atoms with Gasteiger partial charge in [-0.3, -0.25) is 14.9 Å². The van der Waals surface area contributed by atoms with Crippen LogP contribution in [0, 0.1) is 10.1 Å². The van der Waals surface area contributed by atoms with E-state index in [0.717, 1.165) is 12.1 Å². The number of nitrogens with zero attached hydrogens (tertiary/aromatic N) is 1. The molecule has 1 aromatic heterocycles. The fourth-order valence-electron chi connectivity index (χ4n) is 1.70. The molecule has 0 unspecified atom stereocenters. The standard InChI is InChI=1S/C15H10BrClN2O6/c16-13-5-2-10(25-13)3-6-15(21)24-8-14(20)18-11-4-1-9(17)7-12(11)19(22)23/h1-7H,8H2,(H,18,20). The second kappa shape index (κ2) is 8.45. The predicted octanol–water partition coefficient (Wildman–Crippen LogP) is 3.80. The third kappa shape index (κ3) is 5.73. The zero-order chi connectivity index (χ0) is 18.4. The number of amides is 1. The van der Waals surface area contributed by atoms with Gasteiger partial charge in [0.15, 0.2) is 11.3 Å². The highest BCUT2D eigenvalue weighted by Gasteiger charge is 2.17. The number of furan rings is 1. The van der Waals surface area contributed by atoms with Gasteiger partial charge in [-0.1, -0.05) is 11.6 Å². The molecule has 0 aliphatic heterocycles. The number of anilines is 1. The molecule has 0 bridgehead atoms. The minimum Gasteiger partial charge on any atom is -0.452 e. The van der Waals surface area contributed by atoms with Crippen molar-refractivity contribution in [3.05, 3.63) is 62.0 Å². The smallest absolute Gasteiger partial charge is 0.331 e. The maximum Gasteiger partial charge on any atom is 0.331 e. The number of hydrogen-bond donors (Lipinski definition) is 1. The molecule has 130 valence electrons. The van der Waals surface area contributed by atoms with Crippen LogP contribution in [0.1, 0.15) is 5.76 Å². The molecule has 8 nitrogen and oxygen atoms in total. The lowest BCUT2D eigenvalue weighted by atomic mass is 10.2. The van der Waals surface area contributed by atoms with Crippen LogP contribution in [0.15, 0.2) is 45.5 Å². The first-order valence-electron chi connectivity index (χ1n) is 6.69. The van der Waals surface area contributed by atoms with Crippen molar-refractivity contribution in [2.24, 2.45) is 0 Å². The monoisotopic (exact) mass is 428 g/mol. The summed E-state index contributed by atoms with van der Waals surface area (Å²) in [5, 5.41) is 13.4. The Morgan fingerprint density at radius 3 is 2.76 bits per heavy atom. The Labute approximate surface area is 154 Å². The summed E-state index contributed by atoms with van der Waals surface area (Å²) in [5.74, 6) is -1.08. The third-order valence-corrected chi connectivity index (χ3v) is 3.42. The molecule has 25 heavy (non-hydrogen) atoms. The van der Waals surface area contributed by atoms with Crippen LogP contribution in [0.25, 0.3) is 6.08 Å². The normalized spacial score (nSPS) is 10.6. The van der Waals surface area contributed by atoms with Crippen LogP contribution in [0.2, 0.25) is 5.02 Å². The lowest BCUT2D eigenvalue weighted by molar-refractivity contribution is -0.383. The van der Waals surface area contributed by atoms with E-state index in [0.29, 0.717) is 10.4 Å². The predicted molar refractivity (Wildman–Crippen MR) is 93.1 cm³/mol. The quantitative estimate of drug-likeness (QED) is 0.323. The fourth-order valence-corrected chi connectivity index (χ4v) is 2.19. The van der Waals surface area contributed by atoms with Crippen molar-refractivity contribution in [3.8, 4) is 0 Å². The maximum atomic E-state index is 11.8. The number of rotatable bonds is 6. The number of hydrogen-bond acceptors (Lipinski definition) is 6. The molecule has 0 atom stereocenters. The molecule has 10 heteroatoms. The third-order valence-electron chi connectivity index (χ3n) is 2.75. The average molecular weight is 430 g/mol. The number of nitrogens with one attached hydrogen (secondary N) is 1. The Morgan fingerprint density at radius 1 is 1.36 bits per heavy atom. The van der Waals surface area contributed by atoms with E-state index in [9.17, 15) is 19.7 Å². The van der Waals surface area contributed by atoms with E-state index in [4.69, 9.17) is 20.8 Å². The van der Waals surface area contributed by atoms with Crippen LogP contribution >= 0.6 is 27.5 Å². The minimum absolute atomic E-state index is 0.0496. The Balaban J connectivity index is 1.89. The summed E-state index contributed by atoms with van der Waals surface area (Å²) in [6, 6.07) is 7.06. The second-order valence-electron chi connectivity index (χ2n) is 4.55. The molecule has 0 saturated carbocycles. The molecular weight excluding hydrogens is 420 g/mol. The summed E-state index contributed by atoms with van der Waals surface area (Å²) in [7, 11) is 0. The van der Waals surface area contributed by atoms with Gasteiger partial charge in [-0.2, -0.15) is 0 Å². The molecule has 1 heterocycles. The van der Waals surface area contributed by atoms with Gasteiger partial charge in [0.05, 0.1) is 4.92 Å². The molecule has 0 saturated heterocycles. The Bertz CT molecular complexity index is 848. The summed E-state index contributed by atoms with van der Waals surface area (Å²) in [5.41, 5.74) is -0.415. The van der Waals surface area contributed by atoms with Crippen LogP contribution in [-0.2, 0) is 14.3 Å². The van der Waals surface area contributed by atoms with E-state index in [2.05, 4.69) is 21.2 Å². The van der Waals surface area contributed by atoms with Crippen molar-refractivity contribution in [3.63, 3.8) is 0 Å². The molecule has 2 aromatic rings. The van der Waals surface area contributed by atoms with E-state index in [1.807, 2.05) is 0 Å². The van der Waals surface area contributed by atoms with E-state index in [-0.39, 0.29) is 16.4 Å². The van der Waals surface area contributed by atoms with Crippen molar-refractivity contribution >= 4 is 56.9 Å². The van der Waals surface area contributed by atoms with Crippen LogP contribution in [0.4, 0.5) is 11.4 Å². The lowest BCUT2D eigenvalue weighted by Crippen LogP contribution is -2.20. The van der Waals surface area contributed by atoms with Crippen molar-refractivity contribution in [2.45, 2.75) is 0 Å². The maximum absolute atomic E-state index is 11.8. The van der Waals surface area contributed by atoms with Gasteiger partial charge in [-0.05, 0) is 46.3 Å². The molecule has 1 aromatic carbocycles. The van der Waals surface area contributed by atoms with Gasteiger partial charge < -0.3 is 14.5 Å². The van der Waals surface area contributed by atoms with Gasteiger partial charge in [0.1, 0.15) is 11.4 Å². The lowest BCUT2D eigenvalue weighted by Gasteiger charge is -2.06. The summed E-state index contributed by atoms with van der Waals surface area (Å²) in [4.78, 5) is 33.5. The first kappa shape index (κ1) is 18.7. The average Bonchev–Trinajstić information content (AvgIpc) is 2.98. The number of nitro benzene ring substituents is 1. The van der Waals surface area contributed by atoms with Crippen molar-refractivity contribution in [2.75, 3.05) is 11.9 Å². The Hall–Kier alpha value is -2.65. The highest BCUT2D eigenvalue weighted by molar-refractivity contribution is 9.10. The number of nitro groups is 1. The van der Waals surface area contributed by atoms with Crippen molar-refractivity contribution in [1.82, 2.24) is 0 Å². The molecular formula is C15H10BrClN2O6. The summed E-state index contributed by atoms with van der Waals surface area (Å²) < 4.78 is 10.4.